The Bertz CT molecular complexity index is 321. The predicted octanol–water partition coefficient (Wildman–Crippen LogP) is 3.02. The molecule has 3 nitrogen and oxygen atoms in total. The third-order valence-corrected chi connectivity index (χ3v) is 3.94. The van der Waals surface area contributed by atoms with E-state index in [1.807, 2.05) is 13.8 Å². The average molecular weight is 278 g/mol. The van der Waals surface area contributed by atoms with E-state index in [1.165, 1.54) is 6.07 Å². The molecule has 0 amide bonds. The normalized spacial score (nSPS) is 24.7. The largest absolute Gasteiger partial charge is 0.405 e. The molecule has 1 rings (SSSR count). The highest BCUT2D eigenvalue weighted by Gasteiger charge is 2.41. The zero-order valence-corrected chi connectivity index (χ0v) is 11.4. The van der Waals surface area contributed by atoms with Gasteiger partial charge in [0, 0.05) is 19.2 Å². The lowest BCUT2D eigenvalue weighted by Crippen LogP contribution is -2.48. The summed E-state index contributed by atoms with van der Waals surface area (Å²) in [5.74, 6) is -1.94. The quantitative estimate of drug-likeness (QED) is 0.840. The number of alkyl halides is 3. The number of halogens is 3. The van der Waals surface area contributed by atoms with Gasteiger partial charge in [-0.25, -0.2) is 0 Å². The number of ether oxygens (including phenoxy) is 1. The lowest BCUT2D eigenvalue weighted by molar-refractivity contribution is -0.159. The van der Waals surface area contributed by atoms with Crippen molar-refractivity contribution < 1.29 is 17.9 Å². The second-order valence-corrected chi connectivity index (χ2v) is 5.06. The number of nitrogens with zero attached hydrogens (tertiary/aromatic N) is 1. The summed E-state index contributed by atoms with van der Waals surface area (Å²) >= 11 is 0. The molecule has 0 radical (unpaired) electrons. The minimum absolute atomic E-state index is 0.00755. The van der Waals surface area contributed by atoms with E-state index in [-0.39, 0.29) is 18.2 Å². The topological polar surface area (TPSA) is 45.0 Å². The van der Waals surface area contributed by atoms with Gasteiger partial charge in [-0.2, -0.15) is 18.4 Å². The Morgan fingerprint density at radius 3 is 2.53 bits per heavy atom. The standard InChI is InChI=1S/C13H21F3N2O/c1-3-12(4-2)7-11(5-6-19-12)18-9-10(8-17)13(14,15)16/h10-11,18H,3-7,9H2,1-2H3. The number of nitrogens with one attached hydrogen (secondary N) is 1. The molecule has 0 aromatic heterocycles. The van der Waals surface area contributed by atoms with E-state index in [9.17, 15) is 13.2 Å². The lowest BCUT2D eigenvalue weighted by atomic mass is 9.86. The summed E-state index contributed by atoms with van der Waals surface area (Å²) in [6.45, 7) is 4.27. The molecule has 0 saturated carbocycles. The molecule has 0 aliphatic carbocycles. The third-order valence-electron chi connectivity index (χ3n) is 3.94. The van der Waals surface area contributed by atoms with Crippen molar-refractivity contribution in [2.24, 2.45) is 5.92 Å². The molecule has 1 saturated heterocycles. The molecule has 1 heterocycles. The molecule has 0 spiro atoms. The molecule has 1 fully saturated rings. The minimum Gasteiger partial charge on any atom is -0.375 e. The van der Waals surface area contributed by atoms with Gasteiger partial charge in [-0.05, 0) is 25.7 Å². The Morgan fingerprint density at radius 1 is 1.42 bits per heavy atom. The zero-order chi connectivity index (χ0) is 14.5. The molecular weight excluding hydrogens is 257 g/mol. The van der Waals surface area contributed by atoms with Gasteiger partial charge in [-0.1, -0.05) is 13.8 Å². The van der Waals surface area contributed by atoms with Gasteiger partial charge in [0.1, 0.15) is 0 Å². The first-order valence-electron chi connectivity index (χ1n) is 6.70. The summed E-state index contributed by atoms with van der Waals surface area (Å²) in [5, 5.41) is 11.4. The molecular formula is C13H21F3N2O. The van der Waals surface area contributed by atoms with Crippen LogP contribution in [0, 0.1) is 17.2 Å². The molecule has 0 aromatic rings. The fourth-order valence-corrected chi connectivity index (χ4v) is 2.46. The predicted molar refractivity (Wildman–Crippen MR) is 65.4 cm³/mol. The molecule has 1 N–H and O–H groups in total. The lowest BCUT2D eigenvalue weighted by Gasteiger charge is -2.40. The van der Waals surface area contributed by atoms with Crippen molar-refractivity contribution in [2.45, 2.75) is 57.3 Å². The van der Waals surface area contributed by atoms with Crippen LogP contribution in [0.1, 0.15) is 39.5 Å². The van der Waals surface area contributed by atoms with Crippen LogP contribution in [0.5, 0.6) is 0 Å². The third kappa shape index (κ3) is 4.36. The van der Waals surface area contributed by atoms with Crippen LogP contribution in [0.2, 0.25) is 0 Å². The number of nitriles is 1. The van der Waals surface area contributed by atoms with E-state index in [0.717, 1.165) is 12.8 Å². The highest BCUT2D eigenvalue weighted by Crippen LogP contribution is 2.32. The van der Waals surface area contributed by atoms with Crippen molar-refractivity contribution in [3.63, 3.8) is 0 Å². The van der Waals surface area contributed by atoms with Crippen molar-refractivity contribution in [2.75, 3.05) is 13.2 Å². The molecule has 2 atom stereocenters. The van der Waals surface area contributed by atoms with Crippen LogP contribution >= 0.6 is 0 Å². The van der Waals surface area contributed by atoms with E-state index in [2.05, 4.69) is 5.32 Å². The SMILES string of the molecule is CCC1(CC)CC(NCC(C#N)C(F)(F)F)CCO1. The van der Waals surface area contributed by atoms with E-state index in [1.54, 1.807) is 0 Å². The van der Waals surface area contributed by atoms with Crippen molar-refractivity contribution >= 4 is 0 Å². The molecule has 2 unspecified atom stereocenters. The number of rotatable bonds is 5. The number of hydrogen-bond acceptors (Lipinski definition) is 3. The van der Waals surface area contributed by atoms with Gasteiger partial charge in [-0.15, -0.1) is 0 Å². The first kappa shape index (κ1) is 16.3. The highest BCUT2D eigenvalue weighted by molar-refractivity contribution is 4.93. The maximum absolute atomic E-state index is 12.5. The fourth-order valence-electron chi connectivity index (χ4n) is 2.46. The zero-order valence-electron chi connectivity index (χ0n) is 11.4. The summed E-state index contributed by atoms with van der Waals surface area (Å²) in [5.41, 5.74) is -0.226. The summed E-state index contributed by atoms with van der Waals surface area (Å²) < 4.78 is 43.2. The second kappa shape index (κ2) is 6.58. The monoisotopic (exact) mass is 278 g/mol. The Labute approximate surface area is 112 Å². The smallest absolute Gasteiger partial charge is 0.375 e. The summed E-state index contributed by atoms with van der Waals surface area (Å²) in [6, 6.07) is 1.30. The van der Waals surface area contributed by atoms with Gasteiger partial charge >= 0.3 is 6.18 Å². The van der Waals surface area contributed by atoms with E-state index in [0.29, 0.717) is 19.4 Å². The first-order chi connectivity index (χ1) is 8.87. The fraction of sp³-hybridized carbons (Fsp3) is 0.923. The van der Waals surface area contributed by atoms with Gasteiger partial charge in [-0.3, -0.25) is 0 Å². The van der Waals surface area contributed by atoms with E-state index < -0.39 is 12.1 Å². The molecule has 1 aliphatic rings. The van der Waals surface area contributed by atoms with Gasteiger partial charge in [0.2, 0.25) is 0 Å². The molecule has 1 aliphatic heterocycles. The van der Waals surface area contributed by atoms with Gasteiger partial charge < -0.3 is 10.1 Å². The van der Waals surface area contributed by atoms with Crippen LogP contribution < -0.4 is 5.32 Å². The van der Waals surface area contributed by atoms with Crippen molar-refractivity contribution in [3.05, 3.63) is 0 Å². The summed E-state index contributed by atoms with van der Waals surface area (Å²) in [4.78, 5) is 0. The maximum atomic E-state index is 12.5. The van der Waals surface area contributed by atoms with Gasteiger partial charge in [0.25, 0.3) is 0 Å². The Balaban J connectivity index is 2.52. The number of hydrogen-bond donors (Lipinski definition) is 1. The minimum atomic E-state index is -4.46. The molecule has 0 aromatic carbocycles. The summed E-state index contributed by atoms with van der Waals surface area (Å²) in [7, 11) is 0. The highest BCUT2D eigenvalue weighted by atomic mass is 19.4. The Kier molecular flexibility index (Phi) is 5.63. The van der Waals surface area contributed by atoms with Crippen LogP contribution in [0.3, 0.4) is 0 Å². The van der Waals surface area contributed by atoms with Crippen molar-refractivity contribution in [1.29, 1.82) is 5.26 Å². The Hall–Kier alpha value is -0.800. The van der Waals surface area contributed by atoms with Crippen LogP contribution in [0.15, 0.2) is 0 Å². The first-order valence-corrected chi connectivity index (χ1v) is 6.70. The Morgan fingerprint density at radius 2 is 2.05 bits per heavy atom. The van der Waals surface area contributed by atoms with E-state index >= 15 is 0 Å². The maximum Gasteiger partial charge on any atom is 0.405 e. The van der Waals surface area contributed by atoms with Gasteiger partial charge in [0.15, 0.2) is 5.92 Å². The van der Waals surface area contributed by atoms with E-state index in [4.69, 9.17) is 10.00 Å². The molecule has 0 bridgehead atoms. The van der Waals surface area contributed by atoms with Crippen molar-refractivity contribution in [1.82, 2.24) is 5.32 Å². The van der Waals surface area contributed by atoms with Crippen LogP contribution in [-0.4, -0.2) is 31.0 Å². The molecule has 19 heavy (non-hydrogen) atoms. The second-order valence-electron chi connectivity index (χ2n) is 5.06. The average Bonchev–Trinajstić information content (AvgIpc) is 2.38. The van der Waals surface area contributed by atoms with Crippen LogP contribution in [-0.2, 0) is 4.74 Å². The molecule has 6 heteroatoms. The van der Waals surface area contributed by atoms with Crippen LogP contribution in [0.25, 0.3) is 0 Å². The van der Waals surface area contributed by atoms with Crippen LogP contribution in [0.4, 0.5) is 13.2 Å². The molecule has 110 valence electrons. The van der Waals surface area contributed by atoms with Gasteiger partial charge in [0.05, 0.1) is 11.7 Å². The van der Waals surface area contributed by atoms with Crippen molar-refractivity contribution in [3.8, 4) is 6.07 Å². The summed E-state index contributed by atoms with van der Waals surface area (Å²) in [6.07, 6.45) is -1.36.